The van der Waals surface area contributed by atoms with E-state index in [4.69, 9.17) is 28.4 Å². The summed E-state index contributed by atoms with van der Waals surface area (Å²) in [6.45, 7) is 4.01. The SMILES string of the molecule is CCCC=CC=CC1CC(O)C(O)C(=O)C1C=O.c1cc2c(cc1C1OCC3C(c4ccc5c(c4)OCO5)OCC13)OCO2. The van der Waals surface area contributed by atoms with Gasteiger partial charge in [-0.05, 0) is 54.2 Å². The Labute approximate surface area is 256 Å². The Kier molecular flexibility index (Phi) is 9.32. The molecule has 0 radical (unpaired) electrons. The van der Waals surface area contributed by atoms with Crippen LogP contribution in [0.25, 0.3) is 0 Å². The zero-order valence-electron chi connectivity index (χ0n) is 24.6. The zero-order chi connectivity index (χ0) is 30.6. The van der Waals surface area contributed by atoms with E-state index >= 15 is 0 Å². The number of Topliss-reactive ketones (excluding diaryl/α,β-unsaturated/α-hetero) is 1. The lowest BCUT2D eigenvalue weighted by Crippen LogP contribution is -2.47. The Morgan fingerprint density at radius 1 is 0.818 bits per heavy atom. The molecule has 0 spiro atoms. The largest absolute Gasteiger partial charge is 0.454 e. The van der Waals surface area contributed by atoms with E-state index < -0.39 is 23.9 Å². The molecule has 4 aliphatic heterocycles. The van der Waals surface area contributed by atoms with E-state index in [1.807, 2.05) is 36.4 Å². The molecule has 0 aromatic heterocycles. The van der Waals surface area contributed by atoms with Crippen molar-refractivity contribution in [3.63, 3.8) is 0 Å². The van der Waals surface area contributed by atoms with Crippen LogP contribution in [-0.4, -0.2) is 61.3 Å². The van der Waals surface area contributed by atoms with Gasteiger partial charge in [0.2, 0.25) is 13.6 Å². The van der Waals surface area contributed by atoms with Gasteiger partial charge in [-0.25, -0.2) is 0 Å². The van der Waals surface area contributed by atoms with Crippen LogP contribution in [0.15, 0.2) is 60.7 Å². The lowest BCUT2D eigenvalue weighted by Gasteiger charge is -2.31. The van der Waals surface area contributed by atoms with Crippen LogP contribution in [0.5, 0.6) is 23.0 Å². The molecular formula is C34H38O10. The summed E-state index contributed by atoms with van der Waals surface area (Å²) in [7, 11) is 0. The minimum Gasteiger partial charge on any atom is -0.454 e. The smallest absolute Gasteiger partial charge is 0.231 e. The Balaban J connectivity index is 0.000000169. The van der Waals surface area contributed by atoms with Crippen LogP contribution >= 0.6 is 0 Å². The number of hydrogen-bond donors (Lipinski definition) is 2. The first-order valence-corrected chi connectivity index (χ1v) is 15.2. The van der Waals surface area contributed by atoms with Crippen molar-refractivity contribution in [1.82, 2.24) is 0 Å². The van der Waals surface area contributed by atoms with Gasteiger partial charge >= 0.3 is 0 Å². The standard InChI is InChI=1S/C20H18O6.C14H20O4/c1-3-15-17(25-9-23-15)5-11(1)19-13-7-22-20(14(13)8-21-19)12-2-4-16-18(6-12)26-10-24-16;1-2-3-4-5-6-7-10-8-12(16)14(18)13(17)11(10)9-15/h1-6,13-14,19-20H,7-10H2;4-7,9-12,14,16,18H,2-3,8H2,1H3. The van der Waals surface area contributed by atoms with E-state index in [0.717, 1.165) is 47.0 Å². The van der Waals surface area contributed by atoms with E-state index in [0.29, 0.717) is 31.3 Å². The first-order chi connectivity index (χ1) is 21.5. The van der Waals surface area contributed by atoms with Gasteiger partial charge in [0, 0.05) is 11.8 Å². The summed E-state index contributed by atoms with van der Waals surface area (Å²) in [5.41, 5.74) is 2.24. The molecule has 7 rings (SSSR count). The average Bonchev–Trinajstić information content (AvgIpc) is 3.84. The Morgan fingerprint density at radius 2 is 1.39 bits per heavy atom. The van der Waals surface area contributed by atoms with E-state index in [-0.39, 0.29) is 38.1 Å². The highest BCUT2D eigenvalue weighted by molar-refractivity contribution is 5.97. The molecular weight excluding hydrogens is 568 g/mol. The number of carbonyl (C=O) groups is 2. The van der Waals surface area contributed by atoms with Gasteiger partial charge in [0.05, 0.1) is 37.4 Å². The molecule has 2 saturated heterocycles. The molecule has 2 aromatic carbocycles. The van der Waals surface area contributed by atoms with Crippen LogP contribution in [0.4, 0.5) is 0 Å². The number of hydrogen-bond acceptors (Lipinski definition) is 10. The van der Waals surface area contributed by atoms with E-state index in [9.17, 15) is 19.8 Å². The highest BCUT2D eigenvalue weighted by Gasteiger charge is 2.48. The second-order valence-electron chi connectivity index (χ2n) is 11.6. The zero-order valence-corrected chi connectivity index (χ0v) is 24.6. The average molecular weight is 607 g/mol. The summed E-state index contributed by atoms with van der Waals surface area (Å²) in [4.78, 5) is 22.5. The third-order valence-corrected chi connectivity index (χ3v) is 8.88. The fraction of sp³-hybridized carbons (Fsp3) is 0.471. The summed E-state index contributed by atoms with van der Waals surface area (Å²) in [5, 5.41) is 18.9. The Bertz CT molecular complexity index is 1330. The summed E-state index contributed by atoms with van der Waals surface area (Å²) in [5.74, 6) is 2.06. The molecule has 234 valence electrons. The van der Waals surface area contributed by atoms with Gasteiger partial charge in [0.25, 0.3) is 0 Å². The molecule has 1 saturated carbocycles. The van der Waals surface area contributed by atoms with E-state index in [2.05, 4.69) is 19.1 Å². The molecule has 1 aliphatic carbocycles. The van der Waals surface area contributed by atoms with Crippen molar-refractivity contribution in [3.05, 3.63) is 71.8 Å². The van der Waals surface area contributed by atoms with Crippen molar-refractivity contribution in [2.75, 3.05) is 26.8 Å². The monoisotopic (exact) mass is 606 g/mol. The van der Waals surface area contributed by atoms with Gasteiger partial charge < -0.3 is 43.4 Å². The number of aliphatic hydroxyl groups is 2. The van der Waals surface area contributed by atoms with Crippen molar-refractivity contribution in [1.29, 1.82) is 0 Å². The summed E-state index contributed by atoms with van der Waals surface area (Å²) in [6.07, 6.45) is 7.77. The molecule has 2 N–H and O–H groups in total. The number of fused-ring (bicyclic) bond motifs is 3. The lowest BCUT2D eigenvalue weighted by molar-refractivity contribution is -0.146. The maximum atomic E-state index is 11.6. The number of aldehydes is 1. The lowest BCUT2D eigenvalue weighted by atomic mass is 9.76. The summed E-state index contributed by atoms with van der Waals surface area (Å²) in [6, 6.07) is 12.1. The van der Waals surface area contributed by atoms with Gasteiger partial charge in [0.15, 0.2) is 28.8 Å². The first-order valence-electron chi connectivity index (χ1n) is 15.2. The van der Waals surface area contributed by atoms with Gasteiger partial charge in [-0.1, -0.05) is 49.8 Å². The second kappa shape index (κ2) is 13.5. The van der Waals surface area contributed by atoms with Crippen LogP contribution in [0.2, 0.25) is 0 Å². The summed E-state index contributed by atoms with van der Waals surface area (Å²) >= 11 is 0. The van der Waals surface area contributed by atoms with Gasteiger partial charge in [-0.3, -0.25) is 4.79 Å². The molecule has 8 atom stereocenters. The summed E-state index contributed by atoms with van der Waals surface area (Å²) < 4.78 is 34.2. The number of ether oxygens (including phenoxy) is 6. The fourth-order valence-corrected chi connectivity index (χ4v) is 6.48. The maximum Gasteiger partial charge on any atom is 0.231 e. The van der Waals surface area contributed by atoms with Crippen molar-refractivity contribution in [2.24, 2.45) is 23.7 Å². The molecule has 0 bridgehead atoms. The van der Waals surface area contributed by atoms with Crippen molar-refractivity contribution in [3.8, 4) is 23.0 Å². The van der Waals surface area contributed by atoms with Crippen LogP contribution in [0.1, 0.15) is 49.5 Å². The predicted molar refractivity (Wildman–Crippen MR) is 157 cm³/mol. The van der Waals surface area contributed by atoms with Crippen LogP contribution < -0.4 is 18.9 Å². The van der Waals surface area contributed by atoms with Crippen LogP contribution in [-0.2, 0) is 19.1 Å². The highest BCUT2D eigenvalue weighted by Crippen LogP contribution is 2.52. The highest BCUT2D eigenvalue weighted by atomic mass is 16.7. The molecule has 0 amide bonds. The number of aliphatic hydroxyl groups excluding tert-OH is 2. The van der Waals surface area contributed by atoms with E-state index in [1.54, 1.807) is 12.2 Å². The topological polar surface area (TPSA) is 130 Å². The van der Waals surface area contributed by atoms with Gasteiger partial charge in [0.1, 0.15) is 12.4 Å². The second-order valence-corrected chi connectivity index (χ2v) is 11.6. The van der Waals surface area contributed by atoms with E-state index in [1.165, 1.54) is 0 Å². The molecule has 10 heteroatoms. The molecule has 8 unspecified atom stereocenters. The first kappa shape index (κ1) is 30.3. The minimum absolute atomic E-state index is 0.0218. The quantitative estimate of drug-likeness (QED) is 0.268. The van der Waals surface area contributed by atoms with Crippen molar-refractivity contribution < 1.29 is 48.2 Å². The third kappa shape index (κ3) is 6.12. The van der Waals surface area contributed by atoms with Crippen LogP contribution in [0, 0.1) is 23.7 Å². The number of ketones is 1. The third-order valence-electron chi connectivity index (χ3n) is 8.88. The number of carbonyl (C=O) groups excluding carboxylic acids is 2. The molecule has 10 nitrogen and oxygen atoms in total. The molecule has 3 fully saturated rings. The van der Waals surface area contributed by atoms with Gasteiger partial charge in [-0.15, -0.1) is 0 Å². The number of benzene rings is 2. The molecule has 4 heterocycles. The molecule has 44 heavy (non-hydrogen) atoms. The van der Waals surface area contributed by atoms with Gasteiger partial charge in [-0.2, -0.15) is 0 Å². The van der Waals surface area contributed by atoms with Crippen molar-refractivity contribution >= 4 is 12.1 Å². The number of rotatable bonds is 7. The fourth-order valence-electron chi connectivity index (χ4n) is 6.48. The number of allylic oxidation sites excluding steroid dienone is 4. The normalized spacial score (nSPS) is 31.8. The van der Waals surface area contributed by atoms with Crippen molar-refractivity contribution in [2.45, 2.75) is 50.6 Å². The Morgan fingerprint density at radius 3 is 1.93 bits per heavy atom. The predicted octanol–water partition coefficient (Wildman–Crippen LogP) is 4.24. The molecule has 2 aromatic rings. The maximum absolute atomic E-state index is 11.6. The number of unbranched alkanes of at least 4 members (excludes halogenated alkanes) is 1. The van der Waals surface area contributed by atoms with Crippen LogP contribution in [0.3, 0.4) is 0 Å². The minimum atomic E-state index is -1.43. The Hall–Kier alpha value is -3.70. The molecule has 5 aliphatic rings.